The molecule has 0 bridgehead atoms. The van der Waals surface area contributed by atoms with Crippen LogP contribution in [0, 0.1) is 0 Å². The Hall–Kier alpha value is -1.48. The minimum atomic E-state index is 0.0514. The number of fused-ring (bicyclic) bond motifs is 1. The Balaban J connectivity index is 1.86. The largest absolute Gasteiger partial charge is 0.482 e. The third-order valence-electron chi connectivity index (χ3n) is 3.81. The number of nitrogens with one attached hydrogen (secondary N) is 1. The fourth-order valence-electron chi connectivity index (χ4n) is 2.53. The molecule has 1 heterocycles. The van der Waals surface area contributed by atoms with Gasteiger partial charge in [-0.15, -0.1) is 0 Å². The maximum absolute atomic E-state index is 6.16. The van der Waals surface area contributed by atoms with Gasteiger partial charge in [-0.25, -0.2) is 0 Å². The summed E-state index contributed by atoms with van der Waals surface area (Å²) in [6.07, 6.45) is 0.0514. The molecule has 0 spiro atoms. The van der Waals surface area contributed by atoms with Gasteiger partial charge in [0, 0.05) is 4.47 Å². The topological polar surface area (TPSA) is 21.3 Å². The van der Waals surface area contributed by atoms with Crippen LogP contribution in [-0.4, -0.2) is 6.54 Å². The molecule has 2 aromatic carbocycles. The Kier molecular flexibility index (Phi) is 3.70. The first-order chi connectivity index (χ1) is 9.93. The third kappa shape index (κ3) is 3.08. The summed E-state index contributed by atoms with van der Waals surface area (Å²) in [5.41, 5.74) is 3.74. The molecule has 1 N–H and O–H groups in total. The summed E-state index contributed by atoms with van der Waals surface area (Å²) in [5.74, 6) is 0.930. The summed E-state index contributed by atoms with van der Waals surface area (Å²) in [7, 11) is 0. The number of halogens is 1. The van der Waals surface area contributed by atoms with E-state index in [1.165, 1.54) is 11.1 Å². The monoisotopic (exact) mass is 345 g/mol. The normalized spacial score (nSPS) is 17.6. The summed E-state index contributed by atoms with van der Waals surface area (Å²) in [6.45, 7) is 7.46. The van der Waals surface area contributed by atoms with Crippen molar-refractivity contribution in [3.63, 3.8) is 0 Å². The van der Waals surface area contributed by atoms with Crippen molar-refractivity contribution in [3.05, 3.63) is 58.1 Å². The summed E-state index contributed by atoms with van der Waals surface area (Å²) in [6, 6.07) is 14.7. The quantitative estimate of drug-likeness (QED) is 0.757. The minimum Gasteiger partial charge on any atom is -0.482 e. The van der Waals surface area contributed by atoms with E-state index in [9.17, 15) is 0 Å². The van der Waals surface area contributed by atoms with Gasteiger partial charge in [-0.2, -0.15) is 0 Å². The van der Waals surface area contributed by atoms with Crippen LogP contribution in [-0.2, 0) is 5.41 Å². The molecule has 2 nitrogen and oxygen atoms in total. The lowest BCUT2D eigenvalue weighted by atomic mass is 9.86. The van der Waals surface area contributed by atoms with Crippen LogP contribution >= 0.6 is 15.9 Å². The van der Waals surface area contributed by atoms with Crippen molar-refractivity contribution in [1.82, 2.24) is 0 Å². The van der Waals surface area contributed by atoms with E-state index in [0.717, 1.165) is 22.5 Å². The molecule has 0 aromatic heterocycles. The second-order valence-corrected chi connectivity index (χ2v) is 7.42. The smallest absolute Gasteiger partial charge is 0.143 e. The SMILES string of the molecule is CC(C)(C)c1ccc2c(c1)NCC(c1cccc(Br)c1)O2. The van der Waals surface area contributed by atoms with Gasteiger partial charge in [-0.05, 0) is 40.8 Å². The van der Waals surface area contributed by atoms with Gasteiger partial charge in [0.25, 0.3) is 0 Å². The number of anilines is 1. The predicted octanol–water partition coefficient (Wildman–Crippen LogP) is 5.29. The van der Waals surface area contributed by atoms with E-state index in [4.69, 9.17) is 4.74 Å². The molecule has 110 valence electrons. The maximum atomic E-state index is 6.16. The van der Waals surface area contributed by atoms with Crippen molar-refractivity contribution >= 4 is 21.6 Å². The number of benzene rings is 2. The first-order valence-corrected chi connectivity index (χ1v) is 8.03. The van der Waals surface area contributed by atoms with Crippen LogP contribution in [0.15, 0.2) is 46.9 Å². The van der Waals surface area contributed by atoms with E-state index in [2.05, 4.69) is 72.3 Å². The van der Waals surface area contributed by atoms with Crippen LogP contribution in [0.3, 0.4) is 0 Å². The summed E-state index contributed by atoms with van der Waals surface area (Å²) < 4.78 is 7.24. The molecule has 1 atom stereocenters. The van der Waals surface area contributed by atoms with Crippen LogP contribution in [0.5, 0.6) is 5.75 Å². The molecular formula is C18H20BrNO. The molecule has 2 aromatic rings. The molecule has 21 heavy (non-hydrogen) atoms. The van der Waals surface area contributed by atoms with Gasteiger partial charge in [0.1, 0.15) is 11.9 Å². The highest BCUT2D eigenvalue weighted by Gasteiger charge is 2.23. The Morgan fingerprint density at radius 1 is 1.14 bits per heavy atom. The zero-order valence-corrected chi connectivity index (χ0v) is 14.2. The standard InChI is InChI=1S/C18H20BrNO/c1-18(2,3)13-7-8-16-15(10-13)20-11-17(21-16)12-5-4-6-14(19)9-12/h4-10,17,20H,11H2,1-3H3. The highest BCUT2D eigenvalue weighted by molar-refractivity contribution is 9.10. The van der Waals surface area contributed by atoms with Crippen LogP contribution in [0.1, 0.15) is 38.0 Å². The fraction of sp³-hybridized carbons (Fsp3) is 0.333. The van der Waals surface area contributed by atoms with E-state index in [0.29, 0.717) is 0 Å². The molecule has 0 aliphatic carbocycles. The lowest BCUT2D eigenvalue weighted by molar-refractivity contribution is 0.210. The molecule has 1 aliphatic rings. The van der Waals surface area contributed by atoms with Gasteiger partial charge in [-0.3, -0.25) is 0 Å². The second-order valence-electron chi connectivity index (χ2n) is 6.50. The molecule has 0 saturated carbocycles. The fourth-order valence-corrected chi connectivity index (χ4v) is 2.94. The lowest BCUT2D eigenvalue weighted by Crippen LogP contribution is -2.24. The minimum absolute atomic E-state index is 0.0514. The van der Waals surface area contributed by atoms with Crippen LogP contribution in [0.2, 0.25) is 0 Å². The summed E-state index contributed by atoms with van der Waals surface area (Å²) in [5, 5.41) is 3.50. The van der Waals surface area contributed by atoms with Gasteiger partial charge in [-0.1, -0.05) is 54.9 Å². The summed E-state index contributed by atoms with van der Waals surface area (Å²) >= 11 is 3.52. The first-order valence-electron chi connectivity index (χ1n) is 7.24. The number of rotatable bonds is 1. The Morgan fingerprint density at radius 2 is 1.95 bits per heavy atom. The zero-order valence-electron chi connectivity index (χ0n) is 12.6. The van der Waals surface area contributed by atoms with Crippen LogP contribution in [0.4, 0.5) is 5.69 Å². The van der Waals surface area contributed by atoms with Crippen molar-refractivity contribution in [1.29, 1.82) is 0 Å². The first kappa shape index (κ1) is 14.5. The molecule has 1 aliphatic heterocycles. The average molecular weight is 346 g/mol. The van der Waals surface area contributed by atoms with Crippen molar-refractivity contribution in [2.75, 3.05) is 11.9 Å². The van der Waals surface area contributed by atoms with Crippen LogP contribution in [0.25, 0.3) is 0 Å². The third-order valence-corrected chi connectivity index (χ3v) is 4.31. The van der Waals surface area contributed by atoms with E-state index in [1.807, 2.05) is 12.1 Å². The lowest BCUT2D eigenvalue weighted by Gasteiger charge is -2.29. The van der Waals surface area contributed by atoms with Gasteiger partial charge in [0.05, 0.1) is 12.2 Å². The van der Waals surface area contributed by atoms with Crippen molar-refractivity contribution in [2.24, 2.45) is 0 Å². The van der Waals surface area contributed by atoms with Gasteiger partial charge < -0.3 is 10.1 Å². The van der Waals surface area contributed by atoms with E-state index >= 15 is 0 Å². The molecule has 3 rings (SSSR count). The molecule has 0 amide bonds. The molecule has 0 fully saturated rings. The van der Waals surface area contributed by atoms with Crippen LogP contribution < -0.4 is 10.1 Å². The van der Waals surface area contributed by atoms with E-state index in [1.54, 1.807) is 0 Å². The maximum Gasteiger partial charge on any atom is 0.143 e. The number of hydrogen-bond acceptors (Lipinski definition) is 2. The van der Waals surface area contributed by atoms with E-state index < -0.39 is 0 Å². The van der Waals surface area contributed by atoms with Gasteiger partial charge in [0.15, 0.2) is 0 Å². The average Bonchev–Trinajstić information content (AvgIpc) is 2.45. The number of hydrogen-bond donors (Lipinski definition) is 1. The highest BCUT2D eigenvalue weighted by Crippen LogP contribution is 2.37. The molecule has 0 radical (unpaired) electrons. The highest BCUT2D eigenvalue weighted by atomic mass is 79.9. The van der Waals surface area contributed by atoms with Gasteiger partial charge >= 0.3 is 0 Å². The summed E-state index contributed by atoms with van der Waals surface area (Å²) in [4.78, 5) is 0. The zero-order chi connectivity index (χ0) is 15.0. The Morgan fingerprint density at radius 3 is 2.67 bits per heavy atom. The van der Waals surface area contributed by atoms with Gasteiger partial charge in [0.2, 0.25) is 0 Å². The van der Waals surface area contributed by atoms with Crippen molar-refractivity contribution in [3.8, 4) is 5.75 Å². The Bertz CT molecular complexity index is 661. The Labute approximate surface area is 134 Å². The molecule has 0 saturated heterocycles. The second kappa shape index (κ2) is 5.38. The van der Waals surface area contributed by atoms with E-state index in [-0.39, 0.29) is 11.5 Å². The predicted molar refractivity (Wildman–Crippen MR) is 91.1 cm³/mol. The molecule has 1 unspecified atom stereocenters. The van der Waals surface area contributed by atoms with Crippen molar-refractivity contribution in [2.45, 2.75) is 32.3 Å². The van der Waals surface area contributed by atoms with Crippen molar-refractivity contribution < 1.29 is 4.74 Å². The number of ether oxygens (including phenoxy) is 1. The molecular weight excluding hydrogens is 326 g/mol. The molecule has 3 heteroatoms.